The molecule has 3 amide bonds. The highest BCUT2D eigenvalue weighted by atomic mass is 16.5. The molecule has 2 aromatic carbocycles. The van der Waals surface area contributed by atoms with Gasteiger partial charge in [0.15, 0.2) is 6.61 Å². The number of rotatable bonds is 8. The highest BCUT2D eigenvalue weighted by Crippen LogP contribution is 2.15. The lowest BCUT2D eigenvalue weighted by molar-refractivity contribution is -0.119. The first-order valence-electron chi connectivity index (χ1n) is 8.15. The van der Waals surface area contributed by atoms with E-state index in [9.17, 15) is 9.59 Å². The zero-order chi connectivity index (χ0) is 18.1. The van der Waals surface area contributed by atoms with Crippen molar-refractivity contribution in [2.75, 3.05) is 11.9 Å². The molecule has 0 bridgehead atoms. The van der Waals surface area contributed by atoms with Crippen molar-refractivity contribution >= 4 is 17.6 Å². The smallest absolute Gasteiger partial charge is 0.319 e. The number of carbonyl (C=O) groups is 2. The fraction of sp³-hybridized carbons (Fsp3) is 0.263. The van der Waals surface area contributed by atoms with Crippen molar-refractivity contribution in [1.29, 1.82) is 0 Å². The highest BCUT2D eigenvalue weighted by molar-refractivity contribution is 5.89. The third-order valence-electron chi connectivity index (χ3n) is 3.58. The third kappa shape index (κ3) is 6.95. The van der Waals surface area contributed by atoms with Crippen molar-refractivity contribution in [3.8, 4) is 5.75 Å². The van der Waals surface area contributed by atoms with Crippen LogP contribution in [0.25, 0.3) is 0 Å². The molecular weight excluding hydrogens is 318 g/mol. The van der Waals surface area contributed by atoms with E-state index in [1.165, 1.54) is 5.56 Å². The lowest BCUT2D eigenvalue weighted by Gasteiger charge is -2.15. The molecule has 0 aliphatic carbocycles. The molecule has 0 aliphatic rings. The lowest BCUT2D eigenvalue weighted by atomic mass is 10.1. The second-order valence-electron chi connectivity index (χ2n) is 5.80. The molecule has 6 nitrogen and oxygen atoms in total. The number of benzene rings is 2. The van der Waals surface area contributed by atoms with Gasteiger partial charge < -0.3 is 21.1 Å². The molecule has 0 aromatic heterocycles. The molecule has 2 rings (SSSR count). The molecular formula is C19H23N3O3. The Balaban J connectivity index is 1.74. The summed E-state index contributed by atoms with van der Waals surface area (Å²) in [6, 6.07) is 16.7. The molecule has 0 aliphatic heterocycles. The number of anilines is 1. The van der Waals surface area contributed by atoms with Gasteiger partial charge in [0.25, 0.3) is 5.91 Å². The number of hydrogen-bond acceptors (Lipinski definition) is 3. The Bertz CT molecular complexity index is 687. The maximum atomic E-state index is 12.0. The van der Waals surface area contributed by atoms with Gasteiger partial charge in [-0.15, -0.1) is 0 Å². The summed E-state index contributed by atoms with van der Waals surface area (Å²) in [5, 5.41) is 5.68. The van der Waals surface area contributed by atoms with Gasteiger partial charge in [-0.2, -0.15) is 0 Å². The molecule has 25 heavy (non-hydrogen) atoms. The van der Waals surface area contributed by atoms with Crippen molar-refractivity contribution in [3.63, 3.8) is 0 Å². The average molecular weight is 341 g/mol. The molecule has 0 radical (unpaired) electrons. The quantitative estimate of drug-likeness (QED) is 0.689. The van der Waals surface area contributed by atoms with E-state index in [4.69, 9.17) is 10.5 Å². The van der Waals surface area contributed by atoms with Crippen molar-refractivity contribution in [3.05, 3.63) is 60.2 Å². The summed E-state index contributed by atoms with van der Waals surface area (Å²) in [6.45, 7) is 1.80. The number of primary amides is 1. The standard InChI is InChI=1S/C19H23N3O3/c1-14(7-8-15-5-3-2-4-6-15)21-19(24)22-16-9-11-17(12-10-16)25-13-18(20)23/h2-6,9-12,14H,7-8,13H2,1H3,(H2,20,23)(H2,21,22,24). The van der Waals surface area contributed by atoms with E-state index in [0.29, 0.717) is 11.4 Å². The van der Waals surface area contributed by atoms with E-state index >= 15 is 0 Å². The minimum Gasteiger partial charge on any atom is -0.484 e. The summed E-state index contributed by atoms with van der Waals surface area (Å²) in [6.07, 6.45) is 1.77. The Morgan fingerprint density at radius 1 is 1.08 bits per heavy atom. The predicted octanol–water partition coefficient (Wildman–Crippen LogP) is 2.69. The first-order chi connectivity index (χ1) is 12.0. The zero-order valence-corrected chi connectivity index (χ0v) is 14.2. The van der Waals surface area contributed by atoms with Crippen LogP contribution >= 0.6 is 0 Å². The van der Waals surface area contributed by atoms with Gasteiger partial charge in [-0.05, 0) is 49.6 Å². The van der Waals surface area contributed by atoms with E-state index in [1.807, 2.05) is 25.1 Å². The van der Waals surface area contributed by atoms with Gasteiger partial charge in [0, 0.05) is 11.7 Å². The number of ether oxygens (including phenoxy) is 1. The van der Waals surface area contributed by atoms with Gasteiger partial charge in [-0.1, -0.05) is 30.3 Å². The predicted molar refractivity (Wildman–Crippen MR) is 97.5 cm³/mol. The van der Waals surface area contributed by atoms with E-state index in [-0.39, 0.29) is 18.7 Å². The Labute approximate surface area is 147 Å². The van der Waals surface area contributed by atoms with Crippen LogP contribution in [-0.4, -0.2) is 24.6 Å². The molecule has 0 saturated carbocycles. The first kappa shape index (κ1) is 18.3. The molecule has 4 N–H and O–H groups in total. The molecule has 1 unspecified atom stereocenters. The van der Waals surface area contributed by atoms with Crippen molar-refractivity contribution < 1.29 is 14.3 Å². The summed E-state index contributed by atoms with van der Waals surface area (Å²) in [7, 11) is 0. The molecule has 6 heteroatoms. The Kier molecular flexibility index (Phi) is 6.83. The fourth-order valence-electron chi connectivity index (χ4n) is 2.28. The lowest BCUT2D eigenvalue weighted by Crippen LogP contribution is -2.36. The van der Waals surface area contributed by atoms with E-state index < -0.39 is 5.91 Å². The number of nitrogens with one attached hydrogen (secondary N) is 2. The van der Waals surface area contributed by atoms with E-state index in [2.05, 4.69) is 22.8 Å². The average Bonchev–Trinajstić information content (AvgIpc) is 2.60. The molecule has 0 fully saturated rings. The van der Waals surface area contributed by atoms with Crippen LogP contribution in [0.3, 0.4) is 0 Å². The van der Waals surface area contributed by atoms with Gasteiger partial charge in [0.2, 0.25) is 0 Å². The summed E-state index contributed by atoms with van der Waals surface area (Å²) in [4.78, 5) is 22.7. The number of carbonyl (C=O) groups excluding carboxylic acids is 2. The van der Waals surface area contributed by atoms with E-state index in [0.717, 1.165) is 12.8 Å². The summed E-state index contributed by atoms with van der Waals surface area (Å²) in [5.41, 5.74) is 6.91. The normalized spacial score (nSPS) is 11.4. The molecule has 0 saturated heterocycles. The zero-order valence-electron chi connectivity index (χ0n) is 14.2. The van der Waals surface area contributed by atoms with Crippen LogP contribution < -0.4 is 21.1 Å². The number of nitrogens with two attached hydrogens (primary N) is 1. The summed E-state index contributed by atoms with van der Waals surface area (Å²) < 4.78 is 5.16. The third-order valence-corrected chi connectivity index (χ3v) is 3.58. The number of aryl methyl sites for hydroxylation is 1. The van der Waals surface area contributed by atoms with Crippen LogP contribution in [0.15, 0.2) is 54.6 Å². The van der Waals surface area contributed by atoms with Crippen LogP contribution in [0.5, 0.6) is 5.75 Å². The van der Waals surface area contributed by atoms with Gasteiger partial charge in [0.1, 0.15) is 5.75 Å². The molecule has 132 valence electrons. The summed E-state index contributed by atoms with van der Waals surface area (Å²) in [5.74, 6) is -0.0212. The second-order valence-corrected chi connectivity index (χ2v) is 5.80. The number of amides is 3. The van der Waals surface area contributed by atoms with Crippen LogP contribution in [-0.2, 0) is 11.2 Å². The van der Waals surface area contributed by atoms with Crippen LogP contribution in [0.1, 0.15) is 18.9 Å². The van der Waals surface area contributed by atoms with Gasteiger partial charge in [-0.25, -0.2) is 4.79 Å². The maximum Gasteiger partial charge on any atom is 0.319 e. The van der Waals surface area contributed by atoms with Crippen molar-refractivity contribution in [2.45, 2.75) is 25.8 Å². The fourth-order valence-corrected chi connectivity index (χ4v) is 2.28. The SMILES string of the molecule is CC(CCc1ccccc1)NC(=O)Nc1ccc(OCC(N)=O)cc1. The van der Waals surface area contributed by atoms with Crippen molar-refractivity contribution in [1.82, 2.24) is 5.32 Å². The first-order valence-corrected chi connectivity index (χ1v) is 8.15. The Morgan fingerprint density at radius 2 is 1.76 bits per heavy atom. The van der Waals surface area contributed by atoms with Crippen LogP contribution in [0, 0.1) is 0 Å². The maximum absolute atomic E-state index is 12.0. The van der Waals surface area contributed by atoms with Crippen LogP contribution in [0.2, 0.25) is 0 Å². The van der Waals surface area contributed by atoms with Crippen molar-refractivity contribution in [2.24, 2.45) is 5.73 Å². The van der Waals surface area contributed by atoms with E-state index in [1.54, 1.807) is 24.3 Å². The molecule has 2 aromatic rings. The van der Waals surface area contributed by atoms with Gasteiger partial charge >= 0.3 is 6.03 Å². The number of urea groups is 1. The molecule has 1 atom stereocenters. The second kappa shape index (κ2) is 9.32. The Hall–Kier alpha value is -3.02. The Morgan fingerprint density at radius 3 is 2.40 bits per heavy atom. The molecule has 0 heterocycles. The topological polar surface area (TPSA) is 93.4 Å². The minimum atomic E-state index is -0.536. The minimum absolute atomic E-state index is 0.0541. The highest BCUT2D eigenvalue weighted by Gasteiger charge is 2.08. The monoisotopic (exact) mass is 341 g/mol. The van der Waals surface area contributed by atoms with Gasteiger partial charge in [-0.3, -0.25) is 4.79 Å². The number of hydrogen-bond donors (Lipinski definition) is 3. The van der Waals surface area contributed by atoms with Crippen LogP contribution in [0.4, 0.5) is 10.5 Å². The summed E-state index contributed by atoms with van der Waals surface area (Å²) >= 11 is 0. The largest absolute Gasteiger partial charge is 0.484 e. The molecule has 0 spiro atoms. The van der Waals surface area contributed by atoms with Gasteiger partial charge in [0.05, 0.1) is 0 Å².